The number of aliphatic hydroxyl groups is 1. The molecule has 3 N–H and O–H groups in total. The van der Waals surface area contributed by atoms with Crippen LogP contribution in [0.3, 0.4) is 0 Å². The van der Waals surface area contributed by atoms with Gasteiger partial charge in [0.05, 0.1) is 25.4 Å². The van der Waals surface area contributed by atoms with Crippen molar-refractivity contribution in [3.8, 4) is 0 Å². The molecule has 0 saturated carbocycles. The summed E-state index contributed by atoms with van der Waals surface area (Å²) in [5.74, 6) is 2.53. The summed E-state index contributed by atoms with van der Waals surface area (Å²) in [5.41, 5.74) is 0.533. The van der Waals surface area contributed by atoms with E-state index in [9.17, 15) is 5.11 Å². The molecule has 1 aliphatic rings. The molecule has 1 aromatic rings. The lowest BCUT2D eigenvalue weighted by Gasteiger charge is -2.19. The van der Waals surface area contributed by atoms with Crippen LogP contribution < -0.4 is 10.6 Å². The third-order valence-corrected chi connectivity index (χ3v) is 4.84. The molecule has 128 valence electrons. The summed E-state index contributed by atoms with van der Waals surface area (Å²) in [6.45, 7) is 5.19. The van der Waals surface area contributed by atoms with E-state index in [4.69, 9.17) is 4.74 Å². The quantitative estimate of drug-likeness (QED) is 0.382. The molecule has 2 rings (SSSR count). The molecule has 1 aromatic carbocycles. The van der Waals surface area contributed by atoms with E-state index in [2.05, 4.69) is 27.8 Å². The third kappa shape index (κ3) is 6.81. The van der Waals surface area contributed by atoms with Gasteiger partial charge >= 0.3 is 0 Å². The van der Waals surface area contributed by atoms with Gasteiger partial charge in [0.25, 0.3) is 0 Å². The van der Waals surface area contributed by atoms with Gasteiger partial charge < -0.3 is 20.5 Å². The molecule has 1 unspecified atom stereocenters. The fraction of sp³-hybridized carbons (Fsp3) is 0.588. The van der Waals surface area contributed by atoms with E-state index in [1.807, 2.05) is 25.1 Å². The first kappa shape index (κ1) is 18.1. The Morgan fingerprint density at radius 1 is 1.35 bits per heavy atom. The monoisotopic (exact) mass is 337 g/mol. The fourth-order valence-corrected chi connectivity index (χ4v) is 3.58. The van der Waals surface area contributed by atoms with Crippen LogP contribution in [0.1, 0.15) is 18.9 Å². The number of hydrogen-bond donors (Lipinski definition) is 3. The summed E-state index contributed by atoms with van der Waals surface area (Å²) in [6.07, 6.45) is 0.820. The molecule has 1 saturated heterocycles. The van der Waals surface area contributed by atoms with Crippen LogP contribution in [0, 0.1) is 0 Å². The molecule has 0 bridgehead atoms. The van der Waals surface area contributed by atoms with Crippen LogP contribution in [0.15, 0.2) is 35.3 Å². The lowest BCUT2D eigenvalue weighted by Crippen LogP contribution is -2.41. The van der Waals surface area contributed by atoms with E-state index in [-0.39, 0.29) is 0 Å². The van der Waals surface area contributed by atoms with Crippen molar-refractivity contribution in [2.45, 2.75) is 25.6 Å². The van der Waals surface area contributed by atoms with E-state index >= 15 is 0 Å². The maximum Gasteiger partial charge on any atom is 0.191 e. The Hall–Kier alpha value is -1.24. The van der Waals surface area contributed by atoms with Crippen molar-refractivity contribution in [2.75, 3.05) is 37.7 Å². The van der Waals surface area contributed by atoms with Crippen LogP contribution in [0.4, 0.5) is 0 Å². The number of nitrogens with one attached hydrogen (secondary N) is 2. The Balaban J connectivity index is 1.67. The predicted octanol–water partition coefficient (Wildman–Crippen LogP) is 1.63. The molecule has 6 heteroatoms. The van der Waals surface area contributed by atoms with Crippen LogP contribution >= 0.6 is 11.8 Å². The number of aliphatic imine (C=N–C) groups is 1. The SMILES string of the molecule is CCNC(=NCC1(O)CCSC1)NCCOCc1ccccc1. The second-order valence-corrected chi connectivity index (χ2v) is 6.79. The van der Waals surface area contributed by atoms with Gasteiger partial charge in [-0.15, -0.1) is 0 Å². The lowest BCUT2D eigenvalue weighted by molar-refractivity contribution is 0.0778. The molecular formula is C17H27N3O2S. The van der Waals surface area contributed by atoms with Crippen molar-refractivity contribution in [1.29, 1.82) is 0 Å². The Bertz CT molecular complexity index is 476. The van der Waals surface area contributed by atoms with Crippen molar-refractivity contribution < 1.29 is 9.84 Å². The first-order valence-electron chi connectivity index (χ1n) is 8.16. The minimum absolute atomic E-state index is 0.445. The van der Waals surface area contributed by atoms with Gasteiger partial charge in [0.15, 0.2) is 5.96 Å². The van der Waals surface area contributed by atoms with Crippen molar-refractivity contribution in [2.24, 2.45) is 4.99 Å². The number of thioether (sulfide) groups is 1. The van der Waals surface area contributed by atoms with Crippen molar-refractivity contribution in [3.63, 3.8) is 0 Å². The summed E-state index contributed by atoms with van der Waals surface area (Å²) < 4.78 is 5.65. The molecule has 0 aliphatic carbocycles. The van der Waals surface area contributed by atoms with Gasteiger partial charge in [-0.3, -0.25) is 4.99 Å². The third-order valence-electron chi connectivity index (χ3n) is 3.61. The highest BCUT2D eigenvalue weighted by Gasteiger charge is 2.31. The van der Waals surface area contributed by atoms with E-state index < -0.39 is 5.60 Å². The molecule has 23 heavy (non-hydrogen) atoms. The minimum Gasteiger partial charge on any atom is -0.387 e. The van der Waals surface area contributed by atoms with Gasteiger partial charge in [-0.05, 0) is 24.7 Å². The zero-order valence-corrected chi connectivity index (χ0v) is 14.6. The highest BCUT2D eigenvalue weighted by atomic mass is 32.2. The number of rotatable bonds is 8. The Morgan fingerprint density at radius 2 is 2.17 bits per heavy atom. The summed E-state index contributed by atoms with van der Waals surface area (Å²) >= 11 is 1.79. The van der Waals surface area contributed by atoms with Gasteiger partial charge in [-0.25, -0.2) is 0 Å². The molecule has 0 radical (unpaired) electrons. The Morgan fingerprint density at radius 3 is 2.87 bits per heavy atom. The van der Waals surface area contributed by atoms with E-state index in [1.54, 1.807) is 11.8 Å². The van der Waals surface area contributed by atoms with Gasteiger partial charge in [0.2, 0.25) is 0 Å². The lowest BCUT2D eigenvalue weighted by atomic mass is 10.1. The topological polar surface area (TPSA) is 65.9 Å². The second kappa shape index (κ2) is 9.80. The van der Waals surface area contributed by atoms with Crippen LogP contribution in [-0.2, 0) is 11.3 Å². The molecule has 1 atom stereocenters. The fourth-order valence-electron chi connectivity index (χ4n) is 2.29. The van der Waals surface area contributed by atoms with E-state index in [0.717, 1.165) is 30.4 Å². The van der Waals surface area contributed by atoms with E-state index in [0.29, 0.717) is 26.3 Å². The zero-order chi connectivity index (χ0) is 16.4. The second-order valence-electron chi connectivity index (χ2n) is 5.69. The molecule has 0 amide bonds. The predicted molar refractivity (Wildman–Crippen MR) is 97.0 cm³/mol. The van der Waals surface area contributed by atoms with Gasteiger partial charge in [-0.2, -0.15) is 11.8 Å². The first-order valence-corrected chi connectivity index (χ1v) is 9.31. The minimum atomic E-state index is -0.642. The summed E-state index contributed by atoms with van der Waals surface area (Å²) in [7, 11) is 0. The van der Waals surface area contributed by atoms with Crippen LogP contribution in [0.25, 0.3) is 0 Å². The maximum atomic E-state index is 10.3. The van der Waals surface area contributed by atoms with Crippen LogP contribution in [0.2, 0.25) is 0 Å². The smallest absolute Gasteiger partial charge is 0.191 e. The average molecular weight is 337 g/mol. The standard InChI is InChI=1S/C17H27N3O2S/c1-2-18-16(20-13-17(21)8-11-23-14-17)19-9-10-22-12-15-6-4-3-5-7-15/h3-7,21H,2,8-14H2,1H3,(H2,18,19,20). The largest absolute Gasteiger partial charge is 0.387 e. The van der Waals surface area contributed by atoms with Crippen molar-refractivity contribution in [3.05, 3.63) is 35.9 Å². The molecule has 1 fully saturated rings. The van der Waals surface area contributed by atoms with Gasteiger partial charge in [-0.1, -0.05) is 30.3 Å². The maximum absolute atomic E-state index is 10.3. The summed E-state index contributed by atoms with van der Waals surface area (Å²) in [4.78, 5) is 4.50. The number of hydrogen-bond acceptors (Lipinski definition) is 4. The average Bonchev–Trinajstić information content (AvgIpc) is 3.00. The van der Waals surface area contributed by atoms with Crippen molar-refractivity contribution >= 4 is 17.7 Å². The molecule has 1 aliphatic heterocycles. The first-order chi connectivity index (χ1) is 11.2. The molecule has 0 aromatic heterocycles. The molecule has 1 heterocycles. The van der Waals surface area contributed by atoms with Gasteiger partial charge in [0, 0.05) is 18.8 Å². The zero-order valence-electron chi connectivity index (χ0n) is 13.8. The van der Waals surface area contributed by atoms with Gasteiger partial charge in [0.1, 0.15) is 0 Å². The number of nitrogens with zero attached hydrogens (tertiary/aromatic N) is 1. The molecule has 5 nitrogen and oxygen atoms in total. The molecule has 0 spiro atoms. The highest BCUT2D eigenvalue weighted by Crippen LogP contribution is 2.27. The summed E-state index contributed by atoms with van der Waals surface area (Å²) in [6, 6.07) is 10.1. The van der Waals surface area contributed by atoms with E-state index in [1.165, 1.54) is 5.56 Å². The summed E-state index contributed by atoms with van der Waals surface area (Å²) in [5, 5.41) is 16.8. The normalized spacial score (nSPS) is 21.4. The van der Waals surface area contributed by atoms with Crippen molar-refractivity contribution in [1.82, 2.24) is 10.6 Å². The Kier molecular flexibility index (Phi) is 7.71. The van der Waals surface area contributed by atoms with Crippen LogP contribution in [-0.4, -0.2) is 54.4 Å². The number of ether oxygens (including phenoxy) is 1. The number of benzene rings is 1. The number of guanidine groups is 1. The Labute approximate surface area is 142 Å². The molecular weight excluding hydrogens is 310 g/mol. The van der Waals surface area contributed by atoms with Crippen LogP contribution in [0.5, 0.6) is 0 Å². The highest BCUT2D eigenvalue weighted by molar-refractivity contribution is 7.99.